The lowest BCUT2D eigenvalue weighted by Crippen LogP contribution is -2.50. The average Bonchev–Trinajstić information content (AvgIpc) is 2.27. The highest BCUT2D eigenvalue weighted by Crippen LogP contribution is 2.24. The SMILES string of the molecule is CCC(C)c1cc(N2CC(CN)C2)ncn1. The number of nitrogens with zero attached hydrogens (tertiary/aromatic N) is 3. The minimum atomic E-state index is 0.508. The first-order chi connectivity index (χ1) is 7.74. The van der Waals surface area contributed by atoms with Gasteiger partial charge < -0.3 is 10.6 Å². The van der Waals surface area contributed by atoms with Crippen LogP contribution >= 0.6 is 0 Å². The molecule has 0 spiro atoms. The van der Waals surface area contributed by atoms with Gasteiger partial charge in [-0.05, 0) is 18.9 Å². The maximum Gasteiger partial charge on any atom is 0.132 e. The van der Waals surface area contributed by atoms with Crippen molar-refractivity contribution in [3.05, 3.63) is 18.1 Å². The minimum absolute atomic E-state index is 0.508. The molecular formula is C12H20N4. The summed E-state index contributed by atoms with van der Waals surface area (Å²) in [6.07, 6.45) is 2.79. The van der Waals surface area contributed by atoms with Crippen LogP contribution in [0.3, 0.4) is 0 Å². The molecule has 1 unspecified atom stereocenters. The van der Waals surface area contributed by atoms with Crippen LogP contribution in [0, 0.1) is 5.92 Å². The molecule has 1 aliphatic heterocycles. The maximum atomic E-state index is 5.61. The third kappa shape index (κ3) is 2.16. The summed E-state index contributed by atoms with van der Waals surface area (Å²) in [4.78, 5) is 10.9. The molecule has 88 valence electrons. The van der Waals surface area contributed by atoms with E-state index in [0.29, 0.717) is 11.8 Å². The third-order valence-corrected chi connectivity index (χ3v) is 3.41. The largest absolute Gasteiger partial charge is 0.356 e. The van der Waals surface area contributed by atoms with Crippen LogP contribution in [0.1, 0.15) is 31.9 Å². The molecule has 4 heteroatoms. The van der Waals surface area contributed by atoms with Crippen molar-refractivity contribution in [2.24, 2.45) is 11.7 Å². The van der Waals surface area contributed by atoms with Crippen molar-refractivity contribution < 1.29 is 0 Å². The van der Waals surface area contributed by atoms with Crippen molar-refractivity contribution in [2.45, 2.75) is 26.2 Å². The van der Waals surface area contributed by atoms with Gasteiger partial charge in [-0.3, -0.25) is 0 Å². The van der Waals surface area contributed by atoms with Gasteiger partial charge in [0.05, 0.1) is 0 Å². The van der Waals surface area contributed by atoms with E-state index < -0.39 is 0 Å². The first-order valence-corrected chi connectivity index (χ1v) is 6.01. The first kappa shape index (κ1) is 11.3. The molecule has 1 atom stereocenters. The molecule has 2 heterocycles. The Labute approximate surface area is 96.9 Å². The molecule has 0 aliphatic carbocycles. The molecule has 1 aromatic heterocycles. The fourth-order valence-electron chi connectivity index (χ4n) is 1.92. The molecule has 0 aromatic carbocycles. The Hall–Kier alpha value is -1.16. The zero-order valence-corrected chi connectivity index (χ0v) is 10.1. The van der Waals surface area contributed by atoms with Gasteiger partial charge in [0.1, 0.15) is 12.1 Å². The van der Waals surface area contributed by atoms with Gasteiger partial charge in [-0.2, -0.15) is 0 Å². The van der Waals surface area contributed by atoms with Crippen molar-refractivity contribution >= 4 is 5.82 Å². The molecule has 2 rings (SSSR count). The van der Waals surface area contributed by atoms with E-state index in [0.717, 1.165) is 37.6 Å². The van der Waals surface area contributed by atoms with Gasteiger partial charge in [0, 0.05) is 30.8 Å². The number of anilines is 1. The van der Waals surface area contributed by atoms with Crippen molar-refractivity contribution in [3.63, 3.8) is 0 Å². The van der Waals surface area contributed by atoms with Crippen LogP contribution in [0.4, 0.5) is 5.82 Å². The van der Waals surface area contributed by atoms with Crippen molar-refractivity contribution in [1.82, 2.24) is 9.97 Å². The van der Waals surface area contributed by atoms with E-state index in [2.05, 4.69) is 34.8 Å². The first-order valence-electron chi connectivity index (χ1n) is 6.01. The molecule has 4 nitrogen and oxygen atoms in total. The minimum Gasteiger partial charge on any atom is -0.356 e. The summed E-state index contributed by atoms with van der Waals surface area (Å²) in [6, 6.07) is 2.11. The Morgan fingerprint density at radius 3 is 2.88 bits per heavy atom. The molecule has 0 bridgehead atoms. The molecule has 0 amide bonds. The molecule has 1 saturated heterocycles. The molecule has 0 radical (unpaired) electrons. The van der Waals surface area contributed by atoms with E-state index >= 15 is 0 Å². The predicted octanol–water partition coefficient (Wildman–Crippen LogP) is 1.39. The molecule has 0 saturated carbocycles. The quantitative estimate of drug-likeness (QED) is 0.833. The Morgan fingerprint density at radius 2 is 2.25 bits per heavy atom. The second-order valence-electron chi connectivity index (χ2n) is 4.62. The van der Waals surface area contributed by atoms with E-state index in [1.807, 2.05) is 0 Å². The summed E-state index contributed by atoms with van der Waals surface area (Å²) in [5.41, 5.74) is 6.76. The van der Waals surface area contributed by atoms with Crippen LogP contribution in [0.25, 0.3) is 0 Å². The number of hydrogen-bond acceptors (Lipinski definition) is 4. The highest BCUT2D eigenvalue weighted by Gasteiger charge is 2.26. The maximum absolute atomic E-state index is 5.61. The number of nitrogens with two attached hydrogens (primary N) is 1. The smallest absolute Gasteiger partial charge is 0.132 e. The third-order valence-electron chi connectivity index (χ3n) is 3.41. The van der Waals surface area contributed by atoms with Crippen LogP contribution < -0.4 is 10.6 Å². The Kier molecular flexibility index (Phi) is 3.39. The van der Waals surface area contributed by atoms with Gasteiger partial charge in [-0.1, -0.05) is 13.8 Å². The van der Waals surface area contributed by atoms with Crippen LogP contribution in [0.5, 0.6) is 0 Å². The average molecular weight is 220 g/mol. The van der Waals surface area contributed by atoms with Crippen LogP contribution in [-0.4, -0.2) is 29.6 Å². The molecular weight excluding hydrogens is 200 g/mol. The molecule has 2 N–H and O–H groups in total. The fourth-order valence-corrected chi connectivity index (χ4v) is 1.92. The molecule has 1 fully saturated rings. The zero-order chi connectivity index (χ0) is 11.5. The van der Waals surface area contributed by atoms with E-state index in [4.69, 9.17) is 5.73 Å². The second kappa shape index (κ2) is 4.78. The lowest BCUT2D eigenvalue weighted by atomic mass is 10.00. The predicted molar refractivity (Wildman–Crippen MR) is 65.5 cm³/mol. The zero-order valence-electron chi connectivity index (χ0n) is 10.1. The Morgan fingerprint density at radius 1 is 1.50 bits per heavy atom. The van der Waals surface area contributed by atoms with Gasteiger partial charge in [0.25, 0.3) is 0 Å². The monoisotopic (exact) mass is 220 g/mol. The van der Waals surface area contributed by atoms with Gasteiger partial charge in [0.15, 0.2) is 0 Å². The van der Waals surface area contributed by atoms with E-state index in [1.165, 1.54) is 0 Å². The van der Waals surface area contributed by atoms with Crippen LogP contribution in [-0.2, 0) is 0 Å². The number of rotatable bonds is 4. The van der Waals surface area contributed by atoms with E-state index in [9.17, 15) is 0 Å². The van der Waals surface area contributed by atoms with Gasteiger partial charge in [0.2, 0.25) is 0 Å². The topological polar surface area (TPSA) is 55.0 Å². The summed E-state index contributed by atoms with van der Waals surface area (Å²) in [6.45, 7) is 7.23. The van der Waals surface area contributed by atoms with Crippen LogP contribution in [0.2, 0.25) is 0 Å². The van der Waals surface area contributed by atoms with E-state index in [-0.39, 0.29) is 0 Å². The molecule has 1 aromatic rings. The standard InChI is InChI=1S/C12H20N4/c1-3-9(2)11-4-12(15-8-14-11)16-6-10(5-13)7-16/h4,8-10H,3,5-7,13H2,1-2H3. The Balaban J connectivity index is 2.06. The van der Waals surface area contributed by atoms with E-state index in [1.54, 1.807) is 6.33 Å². The summed E-state index contributed by atoms with van der Waals surface area (Å²) < 4.78 is 0. The Bertz CT molecular complexity index is 347. The normalized spacial score (nSPS) is 18.3. The molecule has 1 aliphatic rings. The fraction of sp³-hybridized carbons (Fsp3) is 0.667. The number of aromatic nitrogens is 2. The summed E-state index contributed by atoms with van der Waals surface area (Å²) in [5, 5.41) is 0. The second-order valence-corrected chi connectivity index (χ2v) is 4.62. The lowest BCUT2D eigenvalue weighted by molar-refractivity contribution is 0.416. The summed E-state index contributed by atoms with van der Waals surface area (Å²) >= 11 is 0. The van der Waals surface area contributed by atoms with Crippen molar-refractivity contribution in [3.8, 4) is 0 Å². The van der Waals surface area contributed by atoms with Gasteiger partial charge >= 0.3 is 0 Å². The summed E-state index contributed by atoms with van der Waals surface area (Å²) in [7, 11) is 0. The van der Waals surface area contributed by atoms with Gasteiger partial charge in [-0.25, -0.2) is 9.97 Å². The lowest BCUT2D eigenvalue weighted by Gasteiger charge is -2.39. The van der Waals surface area contributed by atoms with Gasteiger partial charge in [-0.15, -0.1) is 0 Å². The van der Waals surface area contributed by atoms with Crippen LogP contribution in [0.15, 0.2) is 12.4 Å². The summed E-state index contributed by atoms with van der Waals surface area (Å²) in [5.74, 6) is 2.20. The van der Waals surface area contributed by atoms with Crippen molar-refractivity contribution in [2.75, 3.05) is 24.5 Å². The number of hydrogen-bond donors (Lipinski definition) is 1. The highest BCUT2D eigenvalue weighted by atomic mass is 15.2. The van der Waals surface area contributed by atoms with Crippen molar-refractivity contribution in [1.29, 1.82) is 0 Å². The highest BCUT2D eigenvalue weighted by molar-refractivity contribution is 5.42. The molecule has 16 heavy (non-hydrogen) atoms.